The van der Waals surface area contributed by atoms with Crippen molar-refractivity contribution in [1.82, 2.24) is 0 Å². The first-order valence-corrected chi connectivity index (χ1v) is 27.5. The monoisotopic (exact) mass is 815 g/mol. The van der Waals surface area contributed by atoms with Crippen molar-refractivity contribution in [2.45, 2.75) is 329 Å². The first kappa shape index (κ1) is 57.2. The summed E-state index contributed by atoms with van der Waals surface area (Å²) in [5, 5.41) is 0. The predicted octanol–water partition coefficient (Wildman–Crippen LogP) is 20.5. The highest BCUT2D eigenvalue weighted by atomic mass is 16.5. The van der Waals surface area contributed by atoms with E-state index >= 15 is 0 Å². The predicted molar refractivity (Wildman–Crippen MR) is 262 cm³/mol. The molecule has 346 valence electrons. The smallest absolute Gasteiger partial charge is 0.305 e. The summed E-state index contributed by atoms with van der Waals surface area (Å²) in [6.45, 7) is 7.65. The first-order valence-electron chi connectivity index (χ1n) is 27.5. The molecule has 0 aromatic rings. The molecule has 0 aliphatic carbocycles. The number of unbranched alkanes of at least 4 members (excludes halogenated alkanes) is 42. The number of hydrogen-bond acceptors (Lipinski definition) is 2. The highest BCUT2D eigenvalue weighted by Gasteiger charge is 2.03. The Morgan fingerprint density at radius 1 is 0.362 bits per heavy atom. The van der Waals surface area contributed by atoms with Gasteiger partial charge in [0, 0.05) is 6.42 Å². The maximum Gasteiger partial charge on any atom is 0.305 e. The Hall–Kier alpha value is -0.790. The van der Waals surface area contributed by atoms with Crippen LogP contribution in [0.2, 0.25) is 0 Å². The van der Waals surface area contributed by atoms with E-state index in [0.717, 1.165) is 18.8 Å². The number of allylic oxidation sites excluding steroid dienone is 2. The van der Waals surface area contributed by atoms with Crippen molar-refractivity contribution in [3.8, 4) is 0 Å². The van der Waals surface area contributed by atoms with Crippen LogP contribution in [0.3, 0.4) is 0 Å². The van der Waals surface area contributed by atoms with Gasteiger partial charge in [-0.3, -0.25) is 4.79 Å². The third-order valence-electron chi connectivity index (χ3n) is 13.2. The molecule has 0 amide bonds. The summed E-state index contributed by atoms with van der Waals surface area (Å²) < 4.78 is 5.51. The molecule has 0 radical (unpaired) electrons. The lowest BCUT2D eigenvalue weighted by Crippen LogP contribution is -2.05. The van der Waals surface area contributed by atoms with Crippen molar-refractivity contribution in [2.24, 2.45) is 5.92 Å². The van der Waals surface area contributed by atoms with Crippen molar-refractivity contribution in [3.63, 3.8) is 0 Å². The molecule has 1 atom stereocenters. The van der Waals surface area contributed by atoms with Crippen LogP contribution in [-0.4, -0.2) is 12.6 Å². The molecule has 0 aliphatic heterocycles. The van der Waals surface area contributed by atoms with Gasteiger partial charge in [-0.2, -0.15) is 0 Å². The van der Waals surface area contributed by atoms with Crippen LogP contribution in [0.25, 0.3) is 0 Å². The molecule has 0 rings (SSSR count). The summed E-state index contributed by atoms with van der Waals surface area (Å²) in [6.07, 6.45) is 70.8. The number of hydrogen-bond donors (Lipinski definition) is 0. The average Bonchev–Trinajstić information content (AvgIpc) is 3.23. The minimum Gasteiger partial charge on any atom is -0.466 e. The topological polar surface area (TPSA) is 26.3 Å². The zero-order valence-electron chi connectivity index (χ0n) is 40.7. The van der Waals surface area contributed by atoms with Crippen molar-refractivity contribution >= 4 is 5.97 Å². The zero-order valence-corrected chi connectivity index (χ0v) is 40.7. The van der Waals surface area contributed by atoms with E-state index in [0.29, 0.717) is 13.0 Å². The van der Waals surface area contributed by atoms with Crippen LogP contribution < -0.4 is 0 Å². The molecule has 2 nitrogen and oxygen atoms in total. The maximum atomic E-state index is 12.1. The largest absolute Gasteiger partial charge is 0.466 e. The summed E-state index contributed by atoms with van der Waals surface area (Å²) in [7, 11) is 0. The molecule has 0 heterocycles. The lowest BCUT2D eigenvalue weighted by atomic mass is 9.99. The van der Waals surface area contributed by atoms with Crippen LogP contribution in [0.15, 0.2) is 12.2 Å². The van der Waals surface area contributed by atoms with Gasteiger partial charge in [-0.15, -0.1) is 0 Å². The third kappa shape index (κ3) is 51.4. The molecule has 0 bridgehead atoms. The van der Waals surface area contributed by atoms with Crippen molar-refractivity contribution in [1.29, 1.82) is 0 Å². The number of ether oxygens (including phenoxy) is 1. The lowest BCUT2D eigenvalue weighted by Gasteiger charge is -2.07. The third-order valence-corrected chi connectivity index (χ3v) is 13.2. The number of esters is 1. The molecule has 0 aromatic carbocycles. The van der Waals surface area contributed by atoms with Gasteiger partial charge in [0.25, 0.3) is 0 Å². The summed E-state index contributed by atoms with van der Waals surface area (Å²) in [5.41, 5.74) is 0. The fraction of sp³-hybridized carbons (Fsp3) is 0.946. The second-order valence-electron chi connectivity index (χ2n) is 19.2. The van der Waals surface area contributed by atoms with Crippen LogP contribution in [0, 0.1) is 5.92 Å². The molecule has 0 spiro atoms. The van der Waals surface area contributed by atoms with Gasteiger partial charge in [0.05, 0.1) is 6.61 Å². The minimum atomic E-state index is 0.0309. The van der Waals surface area contributed by atoms with Crippen molar-refractivity contribution in [3.05, 3.63) is 12.2 Å². The van der Waals surface area contributed by atoms with Crippen LogP contribution in [-0.2, 0) is 9.53 Å². The van der Waals surface area contributed by atoms with E-state index in [1.807, 2.05) is 0 Å². The summed E-state index contributed by atoms with van der Waals surface area (Å²) in [6, 6.07) is 0. The molecule has 0 N–H and O–H groups in total. The van der Waals surface area contributed by atoms with Crippen LogP contribution in [0.5, 0.6) is 0 Å². The molecule has 0 saturated heterocycles. The maximum absolute atomic E-state index is 12.1. The molecule has 0 aliphatic rings. The molecule has 0 fully saturated rings. The van der Waals surface area contributed by atoms with Gasteiger partial charge >= 0.3 is 5.97 Å². The highest BCUT2D eigenvalue weighted by molar-refractivity contribution is 5.69. The van der Waals surface area contributed by atoms with Gasteiger partial charge < -0.3 is 4.74 Å². The van der Waals surface area contributed by atoms with Crippen LogP contribution >= 0.6 is 0 Å². The van der Waals surface area contributed by atoms with Crippen LogP contribution in [0.1, 0.15) is 329 Å². The SMILES string of the molecule is CCCCCCCCC=CCCCCCCCCCCCCCC(=O)OCCCCCCCCCCCCCCCCCCCCCCCCCCCCC(C)CC. The summed E-state index contributed by atoms with van der Waals surface area (Å²) >= 11 is 0. The van der Waals surface area contributed by atoms with Gasteiger partial charge in [0.15, 0.2) is 0 Å². The normalized spacial score (nSPS) is 12.3. The van der Waals surface area contributed by atoms with E-state index in [1.165, 1.54) is 289 Å². The van der Waals surface area contributed by atoms with Gasteiger partial charge in [0.2, 0.25) is 0 Å². The average molecular weight is 815 g/mol. The quantitative estimate of drug-likeness (QED) is 0.0347. The van der Waals surface area contributed by atoms with Crippen molar-refractivity contribution in [2.75, 3.05) is 6.61 Å². The fourth-order valence-corrected chi connectivity index (χ4v) is 8.70. The number of rotatable bonds is 51. The second-order valence-corrected chi connectivity index (χ2v) is 19.2. The molecular weight excluding hydrogens is 705 g/mol. The van der Waals surface area contributed by atoms with E-state index in [-0.39, 0.29) is 5.97 Å². The van der Waals surface area contributed by atoms with E-state index in [9.17, 15) is 4.79 Å². The van der Waals surface area contributed by atoms with Crippen LogP contribution in [0.4, 0.5) is 0 Å². The van der Waals surface area contributed by atoms with Crippen molar-refractivity contribution < 1.29 is 9.53 Å². The van der Waals surface area contributed by atoms with Gasteiger partial charge in [-0.05, 0) is 44.4 Å². The van der Waals surface area contributed by atoms with E-state index in [2.05, 4.69) is 32.9 Å². The zero-order chi connectivity index (χ0) is 41.9. The van der Waals surface area contributed by atoms with E-state index < -0.39 is 0 Å². The Bertz CT molecular complexity index is 773. The molecule has 0 saturated carbocycles. The first-order chi connectivity index (χ1) is 28.7. The Morgan fingerprint density at radius 2 is 0.638 bits per heavy atom. The highest BCUT2D eigenvalue weighted by Crippen LogP contribution is 2.18. The molecule has 1 unspecified atom stereocenters. The molecule has 0 aromatic heterocycles. The fourth-order valence-electron chi connectivity index (χ4n) is 8.70. The molecule has 58 heavy (non-hydrogen) atoms. The Balaban J connectivity index is 3.16. The number of carbonyl (C=O) groups excluding carboxylic acids is 1. The molecule has 2 heteroatoms. The standard InChI is InChI=1S/C56H110O2/c1-4-6-7-8-9-10-11-12-13-14-15-22-26-29-32-35-38-41-44-47-50-53-56(57)58-54-51-48-45-42-39-36-33-30-27-24-21-19-17-16-18-20-23-25-28-31-34-37-40-43-46-49-52-55(3)5-2/h12-13,55H,4-11,14-54H2,1-3H3. The Morgan fingerprint density at radius 3 is 0.966 bits per heavy atom. The Kier molecular flexibility index (Phi) is 51.6. The lowest BCUT2D eigenvalue weighted by molar-refractivity contribution is -0.143. The molecular formula is C56H110O2. The minimum absolute atomic E-state index is 0.0309. The van der Waals surface area contributed by atoms with Gasteiger partial charge in [-0.25, -0.2) is 0 Å². The van der Waals surface area contributed by atoms with Gasteiger partial charge in [-0.1, -0.05) is 296 Å². The Labute approximate surface area is 367 Å². The summed E-state index contributed by atoms with van der Waals surface area (Å²) in [5.74, 6) is 0.969. The van der Waals surface area contributed by atoms with E-state index in [4.69, 9.17) is 4.74 Å². The second kappa shape index (κ2) is 52.3. The summed E-state index contributed by atoms with van der Waals surface area (Å²) in [4.78, 5) is 12.1. The van der Waals surface area contributed by atoms with Gasteiger partial charge in [0.1, 0.15) is 0 Å². The number of carbonyl (C=O) groups is 1. The van der Waals surface area contributed by atoms with E-state index in [1.54, 1.807) is 0 Å².